The highest BCUT2D eigenvalue weighted by atomic mass is 16.5. The average Bonchev–Trinajstić information content (AvgIpc) is 2.69. The summed E-state index contributed by atoms with van der Waals surface area (Å²) >= 11 is 0. The smallest absolute Gasteiger partial charge is 0.274 e. The molecule has 7 nitrogen and oxygen atoms in total. The Morgan fingerprint density at radius 1 is 1.19 bits per heavy atom. The molecule has 0 saturated carbocycles. The number of carbonyl (C=O) groups is 1. The Labute approximate surface area is 160 Å². The van der Waals surface area contributed by atoms with E-state index < -0.39 is 0 Å². The summed E-state index contributed by atoms with van der Waals surface area (Å²) < 4.78 is 5.35. The highest BCUT2D eigenvalue weighted by Crippen LogP contribution is 2.17. The summed E-state index contributed by atoms with van der Waals surface area (Å²) in [6.45, 7) is 9.44. The molecule has 7 heteroatoms. The van der Waals surface area contributed by atoms with Crippen molar-refractivity contribution < 1.29 is 9.53 Å². The van der Waals surface area contributed by atoms with Crippen molar-refractivity contribution in [2.45, 2.75) is 19.8 Å². The first-order valence-electron chi connectivity index (χ1n) is 9.39. The van der Waals surface area contributed by atoms with Gasteiger partial charge < -0.3 is 15.4 Å². The van der Waals surface area contributed by atoms with Gasteiger partial charge in [-0.3, -0.25) is 9.69 Å². The lowest BCUT2D eigenvalue weighted by Crippen LogP contribution is -2.39. The Balaban J connectivity index is 1.53. The molecule has 0 atom stereocenters. The number of aromatic nitrogens is 2. The molecule has 1 aliphatic heterocycles. The first-order valence-corrected chi connectivity index (χ1v) is 9.39. The normalized spacial score (nSPS) is 14.9. The van der Waals surface area contributed by atoms with Crippen molar-refractivity contribution in [1.82, 2.24) is 14.9 Å². The van der Waals surface area contributed by atoms with Gasteiger partial charge in [-0.05, 0) is 23.6 Å². The van der Waals surface area contributed by atoms with E-state index in [2.05, 4.69) is 39.3 Å². The van der Waals surface area contributed by atoms with Crippen LogP contribution in [0.2, 0.25) is 0 Å². The predicted octanol–water partition coefficient (Wildman–Crippen LogP) is 2.60. The molecule has 3 rings (SSSR count). The Morgan fingerprint density at radius 3 is 2.63 bits per heavy atom. The van der Waals surface area contributed by atoms with Crippen LogP contribution in [0.1, 0.15) is 35.8 Å². The number of carbonyl (C=O) groups excluding carboxylic acids is 1. The summed E-state index contributed by atoms with van der Waals surface area (Å²) in [5.41, 5.74) is 2.33. The van der Waals surface area contributed by atoms with Crippen molar-refractivity contribution in [1.29, 1.82) is 0 Å². The Morgan fingerprint density at radius 2 is 1.93 bits per heavy atom. The van der Waals surface area contributed by atoms with Gasteiger partial charge in [0.15, 0.2) is 0 Å². The van der Waals surface area contributed by atoms with Gasteiger partial charge in [-0.15, -0.1) is 0 Å². The molecule has 27 heavy (non-hydrogen) atoms. The minimum absolute atomic E-state index is 0.245. The van der Waals surface area contributed by atoms with Crippen LogP contribution in [0.3, 0.4) is 0 Å². The molecule has 0 radical (unpaired) electrons. The van der Waals surface area contributed by atoms with Crippen molar-refractivity contribution in [3.63, 3.8) is 0 Å². The molecule has 1 aromatic carbocycles. The van der Waals surface area contributed by atoms with E-state index in [1.165, 1.54) is 11.9 Å². The molecule has 1 saturated heterocycles. The summed E-state index contributed by atoms with van der Waals surface area (Å²) in [6, 6.07) is 9.56. The SMILES string of the molecule is CC(C)c1ccc(NC(=O)c2cc(NCCN3CCOCC3)ncn2)cc1. The molecule has 0 unspecified atom stereocenters. The summed E-state index contributed by atoms with van der Waals surface area (Å²) in [5, 5.41) is 6.14. The molecule has 1 amide bonds. The molecular weight excluding hydrogens is 342 g/mol. The van der Waals surface area contributed by atoms with E-state index in [0.29, 0.717) is 17.4 Å². The first kappa shape index (κ1) is 19.3. The number of hydrogen-bond acceptors (Lipinski definition) is 6. The second kappa shape index (κ2) is 9.43. The molecule has 2 heterocycles. The monoisotopic (exact) mass is 369 g/mol. The van der Waals surface area contributed by atoms with Gasteiger partial charge in [-0.25, -0.2) is 9.97 Å². The molecule has 2 N–H and O–H groups in total. The maximum atomic E-state index is 12.5. The van der Waals surface area contributed by atoms with Crippen molar-refractivity contribution >= 4 is 17.4 Å². The van der Waals surface area contributed by atoms with Crippen LogP contribution in [0.25, 0.3) is 0 Å². The van der Waals surface area contributed by atoms with Crippen LogP contribution in [0.15, 0.2) is 36.7 Å². The van der Waals surface area contributed by atoms with E-state index in [0.717, 1.165) is 45.1 Å². The zero-order valence-corrected chi connectivity index (χ0v) is 15.9. The third-order valence-corrected chi connectivity index (χ3v) is 4.57. The number of ether oxygens (including phenoxy) is 1. The molecule has 0 aliphatic carbocycles. The van der Waals surface area contributed by atoms with Gasteiger partial charge in [0.25, 0.3) is 5.91 Å². The van der Waals surface area contributed by atoms with Crippen molar-refractivity contribution in [2.75, 3.05) is 50.0 Å². The number of nitrogens with zero attached hydrogens (tertiary/aromatic N) is 3. The van der Waals surface area contributed by atoms with E-state index in [9.17, 15) is 4.79 Å². The highest BCUT2D eigenvalue weighted by Gasteiger charge is 2.11. The number of nitrogens with one attached hydrogen (secondary N) is 2. The lowest BCUT2D eigenvalue weighted by molar-refractivity contribution is 0.0398. The van der Waals surface area contributed by atoms with Gasteiger partial charge >= 0.3 is 0 Å². The topological polar surface area (TPSA) is 79.4 Å². The van der Waals surface area contributed by atoms with Gasteiger partial charge in [0.2, 0.25) is 0 Å². The van der Waals surface area contributed by atoms with Gasteiger partial charge in [0.1, 0.15) is 17.8 Å². The maximum Gasteiger partial charge on any atom is 0.274 e. The summed E-state index contributed by atoms with van der Waals surface area (Å²) in [6.07, 6.45) is 1.41. The molecule has 0 bridgehead atoms. The molecular formula is C20H27N5O2. The van der Waals surface area contributed by atoms with Crippen molar-refractivity contribution in [2.24, 2.45) is 0 Å². The van der Waals surface area contributed by atoms with Gasteiger partial charge in [-0.2, -0.15) is 0 Å². The molecule has 144 valence electrons. The fourth-order valence-electron chi connectivity index (χ4n) is 2.89. The fraction of sp³-hybridized carbons (Fsp3) is 0.450. The molecule has 1 aliphatic rings. The fourth-order valence-corrected chi connectivity index (χ4v) is 2.89. The standard InChI is InChI=1S/C20H27N5O2/c1-15(2)16-3-5-17(6-4-16)24-20(26)18-13-19(23-14-22-18)21-7-8-25-9-11-27-12-10-25/h3-6,13-15H,7-12H2,1-2H3,(H,24,26)(H,21,22,23). The lowest BCUT2D eigenvalue weighted by Gasteiger charge is -2.26. The summed E-state index contributed by atoms with van der Waals surface area (Å²) in [4.78, 5) is 23.1. The largest absolute Gasteiger partial charge is 0.379 e. The number of rotatable bonds is 7. The van der Waals surface area contributed by atoms with E-state index in [1.807, 2.05) is 24.3 Å². The predicted molar refractivity (Wildman–Crippen MR) is 106 cm³/mol. The van der Waals surface area contributed by atoms with Crippen LogP contribution in [-0.4, -0.2) is 60.2 Å². The Kier molecular flexibility index (Phi) is 6.73. The highest BCUT2D eigenvalue weighted by molar-refractivity contribution is 6.03. The zero-order chi connectivity index (χ0) is 19.1. The average molecular weight is 369 g/mol. The molecule has 2 aromatic rings. The molecule has 1 fully saturated rings. The number of morpholine rings is 1. The zero-order valence-electron chi connectivity index (χ0n) is 15.9. The van der Waals surface area contributed by atoms with E-state index in [-0.39, 0.29) is 5.91 Å². The van der Waals surface area contributed by atoms with E-state index in [4.69, 9.17) is 4.74 Å². The minimum Gasteiger partial charge on any atom is -0.379 e. The Hall–Kier alpha value is -2.51. The van der Waals surface area contributed by atoms with Crippen LogP contribution in [0.5, 0.6) is 0 Å². The summed E-state index contributed by atoms with van der Waals surface area (Å²) in [5.74, 6) is 0.868. The third-order valence-electron chi connectivity index (χ3n) is 4.57. The first-order chi connectivity index (χ1) is 13.1. The number of anilines is 2. The van der Waals surface area contributed by atoms with Gasteiger partial charge in [-0.1, -0.05) is 26.0 Å². The second-order valence-electron chi connectivity index (χ2n) is 6.90. The maximum absolute atomic E-state index is 12.5. The number of hydrogen-bond donors (Lipinski definition) is 2. The van der Waals surface area contributed by atoms with Crippen molar-refractivity contribution in [3.8, 4) is 0 Å². The molecule has 0 spiro atoms. The Bertz CT molecular complexity index is 742. The quantitative estimate of drug-likeness (QED) is 0.781. The van der Waals surface area contributed by atoms with Crippen LogP contribution in [0.4, 0.5) is 11.5 Å². The van der Waals surface area contributed by atoms with Crippen LogP contribution in [0, 0.1) is 0 Å². The molecule has 1 aromatic heterocycles. The van der Waals surface area contributed by atoms with Crippen LogP contribution < -0.4 is 10.6 Å². The van der Waals surface area contributed by atoms with Gasteiger partial charge in [0.05, 0.1) is 13.2 Å². The van der Waals surface area contributed by atoms with E-state index >= 15 is 0 Å². The minimum atomic E-state index is -0.245. The number of amides is 1. The van der Waals surface area contributed by atoms with Crippen LogP contribution >= 0.6 is 0 Å². The van der Waals surface area contributed by atoms with Crippen LogP contribution in [-0.2, 0) is 4.74 Å². The lowest BCUT2D eigenvalue weighted by atomic mass is 10.0. The number of benzene rings is 1. The van der Waals surface area contributed by atoms with Gasteiger partial charge in [0, 0.05) is 37.9 Å². The summed E-state index contributed by atoms with van der Waals surface area (Å²) in [7, 11) is 0. The third kappa shape index (κ3) is 5.74. The second-order valence-corrected chi connectivity index (χ2v) is 6.90. The van der Waals surface area contributed by atoms with Crippen molar-refractivity contribution in [3.05, 3.63) is 47.9 Å². The van der Waals surface area contributed by atoms with E-state index in [1.54, 1.807) is 6.07 Å².